The average Bonchev–Trinajstić information content (AvgIpc) is 3.21. The lowest BCUT2D eigenvalue weighted by atomic mass is 10.1. The van der Waals surface area contributed by atoms with Crippen molar-refractivity contribution in [2.75, 3.05) is 13.1 Å². The van der Waals surface area contributed by atoms with Gasteiger partial charge in [0, 0.05) is 30.2 Å². The minimum atomic E-state index is -0.0316. The second-order valence-electron chi connectivity index (χ2n) is 5.51. The standard InChI is InChI=1S/C16H16N4O2S/c1-10-11(7-17)8-18-14(15(10)22)16-19-12(9-23-16)6-13(21)20-4-2-3-5-20/h8-9,22H,2-6H2,1H3. The number of thiazole rings is 1. The van der Waals surface area contributed by atoms with E-state index in [1.54, 1.807) is 6.92 Å². The quantitative estimate of drug-likeness (QED) is 0.933. The van der Waals surface area contributed by atoms with Gasteiger partial charge in [-0.2, -0.15) is 5.26 Å². The van der Waals surface area contributed by atoms with Crippen LogP contribution in [0.5, 0.6) is 5.75 Å². The van der Waals surface area contributed by atoms with Gasteiger partial charge in [-0.25, -0.2) is 9.97 Å². The van der Waals surface area contributed by atoms with E-state index in [0.29, 0.717) is 27.5 Å². The van der Waals surface area contributed by atoms with Gasteiger partial charge in [-0.05, 0) is 19.8 Å². The lowest BCUT2D eigenvalue weighted by Gasteiger charge is -2.13. The second-order valence-corrected chi connectivity index (χ2v) is 6.37. The van der Waals surface area contributed by atoms with Crippen molar-refractivity contribution >= 4 is 17.2 Å². The first-order valence-corrected chi connectivity index (χ1v) is 8.29. The molecule has 118 valence electrons. The molecule has 0 saturated carbocycles. The highest BCUT2D eigenvalue weighted by Crippen LogP contribution is 2.33. The predicted octanol–water partition coefficient (Wildman–Crippen LogP) is 2.26. The van der Waals surface area contributed by atoms with Gasteiger partial charge >= 0.3 is 0 Å². The summed E-state index contributed by atoms with van der Waals surface area (Å²) >= 11 is 1.34. The summed E-state index contributed by atoms with van der Waals surface area (Å²) < 4.78 is 0. The monoisotopic (exact) mass is 328 g/mol. The van der Waals surface area contributed by atoms with E-state index < -0.39 is 0 Å². The predicted molar refractivity (Wildman–Crippen MR) is 86.0 cm³/mol. The molecule has 1 fully saturated rings. The van der Waals surface area contributed by atoms with Crippen molar-refractivity contribution in [3.8, 4) is 22.5 Å². The average molecular weight is 328 g/mol. The van der Waals surface area contributed by atoms with Crippen LogP contribution in [0, 0.1) is 18.3 Å². The Hall–Kier alpha value is -2.46. The van der Waals surface area contributed by atoms with Crippen LogP contribution >= 0.6 is 11.3 Å². The summed E-state index contributed by atoms with van der Waals surface area (Å²) in [7, 11) is 0. The van der Waals surface area contributed by atoms with Gasteiger partial charge < -0.3 is 10.0 Å². The zero-order valence-corrected chi connectivity index (χ0v) is 13.6. The third-order valence-electron chi connectivity index (χ3n) is 3.97. The van der Waals surface area contributed by atoms with Crippen molar-refractivity contribution < 1.29 is 9.90 Å². The van der Waals surface area contributed by atoms with Crippen molar-refractivity contribution in [3.63, 3.8) is 0 Å². The number of hydrogen-bond donors (Lipinski definition) is 1. The lowest BCUT2D eigenvalue weighted by molar-refractivity contribution is -0.129. The van der Waals surface area contributed by atoms with Gasteiger partial charge in [0.1, 0.15) is 22.5 Å². The summed E-state index contributed by atoms with van der Waals surface area (Å²) in [4.78, 5) is 22.6. The number of amides is 1. The highest BCUT2D eigenvalue weighted by molar-refractivity contribution is 7.13. The number of nitrogens with zero attached hydrogens (tertiary/aromatic N) is 4. The van der Waals surface area contributed by atoms with E-state index in [2.05, 4.69) is 9.97 Å². The van der Waals surface area contributed by atoms with Gasteiger partial charge in [0.15, 0.2) is 0 Å². The fourth-order valence-electron chi connectivity index (χ4n) is 2.59. The van der Waals surface area contributed by atoms with E-state index >= 15 is 0 Å². The van der Waals surface area contributed by atoms with Gasteiger partial charge in [0.05, 0.1) is 17.7 Å². The highest BCUT2D eigenvalue weighted by atomic mass is 32.1. The molecule has 23 heavy (non-hydrogen) atoms. The van der Waals surface area contributed by atoms with E-state index in [4.69, 9.17) is 5.26 Å². The molecule has 2 aromatic rings. The third kappa shape index (κ3) is 3.03. The molecule has 1 N–H and O–H groups in total. The minimum absolute atomic E-state index is 0.0316. The zero-order valence-electron chi connectivity index (χ0n) is 12.7. The van der Waals surface area contributed by atoms with Crippen molar-refractivity contribution in [1.82, 2.24) is 14.9 Å². The molecule has 1 aliphatic heterocycles. The first-order chi connectivity index (χ1) is 11.1. The Balaban J connectivity index is 1.81. The molecule has 0 bridgehead atoms. The molecule has 1 aliphatic rings. The van der Waals surface area contributed by atoms with Crippen molar-refractivity contribution in [2.24, 2.45) is 0 Å². The number of carbonyl (C=O) groups is 1. The van der Waals surface area contributed by atoms with E-state index in [-0.39, 0.29) is 18.1 Å². The normalized spacial score (nSPS) is 14.0. The molecule has 6 nitrogen and oxygen atoms in total. The Labute approximate surface area is 138 Å². The first-order valence-electron chi connectivity index (χ1n) is 7.41. The molecule has 0 spiro atoms. The first kappa shape index (κ1) is 15.4. The van der Waals surface area contributed by atoms with Crippen LogP contribution in [0.3, 0.4) is 0 Å². The second kappa shape index (κ2) is 6.34. The van der Waals surface area contributed by atoms with Gasteiger partial charge in [0.2, 0.25) is 5.91 Å². The molecule has 7 heteroatoms. The van der Waals surface area contributed by atoms with Gasteiger partial charge in [-0.1, -0.05) is 0 Å². The van der Waals surface area contributed by atoms with Crippen LogP contribution in [0.4, 0.5) is 0 Å². The van der Waals surface area contributed by atoms with Crippen LogP contribution in [0.25, 0.3) is 10.7 Å². The fraction of sp³-hybridized carbons (Fsp3) is 0.375. The van der Waals surface area contributed by atoms with Gasteiger partial charge in [-0.3, -0.25) is 4.79 Å². The summed E-state index contributed by atoms with van der Waals surface area (Å²) in [6, 6.07) is 1.99. The minimum Gasteiger partial charge on any atom is -0.505 e. The smallest absolute Gasteiger partial charge is 0.228 e. The Morgan fingerprint density at radius 2 is 2.22 bits per heavy atom. The van der Waals surface area contributed by atoms with Crippen molar-refractivity contribution in [1.29, 1.82) is 5.26 Å². The maximum Gasteiger partial charge on any atom is 0.228 e. The fourth-order valence-corrected chi connectivity index (χ4v) is 3.41. The van der Waals surface area contributed by atoms with Gasteiger partial charge in [0.25, 0.3) is 0 Å². The number of likely N-dealkylation sites (tertiary alicyclic amines) is 1. The molecule has 1 amide bonds. The summed E-state index contributed by atoms with van der Waals surface area (Å²) in [5, 5.41) is 21.5. The molecule has 2 aromatic heterocycles. The molecular weight excluding hydrogens is 312 g/mol. The Morgan fingerprint density at radius 1 is 1.48 bits per heavy atom. The van der Waals surface area contributed by atoms with Crippen LogP contribution in [0.1, 0.15) is 29.7 Å². The number of pyridine rings is 1. The number of nitriles is 1. The van der Waals surface area contributed by atoms with Gasteiger partial charge in [-0.15, -0.1) is 11.3 Å². The summed E-state index contributed by atoms with van der Waals surface area (Å²) in [5.41, 5.74) is 1.87. The molecule has 0 aromatic carbocycles. The summed E-state index contributed by atoms with van der Waals surface area (Å²) in [6.07, 6.45) is 3.83. The Morgan fingerprint density at radius 3 is 2.91 bits per heavy atom. The third-order valence-corrected chi connectivity index (χ3v) is 4.87. The number of carbonyl (C=O) groups excluding carboxylic acids is 1. The molecule has 0 unspecified atom stereocenters. The highest BCUT2D eigenvalue weighted by Gasteiger charge is 2.20. The Kier molecular flexibility index (Phi) is 4.26. The van der Waals surface area contributed by atoms with Crippen LogP contribution in [-0.2, 0) is 11.2 Å². The van der Waals surface area contributed by atoms with E-state index in [0.717, 1.165) is 25.9 Å². The molecule has 0 atom stereocenters. The molecule has 0 aliphatic carbocycles. The van der Waals surface area contributed by atoms with Crippen molar-refractivity contribution in [3.05, 3.63) is 28.4 Å². The largest absolute Gasteiger partial charge is 0.505 e. The van der Waals surface area contributed by atoms with E-state index in [9.17, 15) is 9.90 Å². The number of hydrogen-bond acceptors (Lipinski definition) is 6. The molecule has 1 saturated heterocycles. The topological polar surface area (TPSA) is 90.1 Å². The zero-order chi connectivity index (χ0) is 16.4. The molecule has 3 heterocycles. The number of aromatic nitrogens is 2. The number of rotatable bonds is 3. The van der Waals surface area contributed by atoms with Crippen LogP contribution in [0.2, 0.25) is 0 Å². The van der Waals surface area contributed by atoms with E-state index in [1.807, 2.05) is 16.3 Å². The molecular formula is C16H16N4O2S. The lowest BCUT2D eigenvalue weighted by Crippen LogP contribution is -2.29. The van der Waals surface area contributed by atoms with Crippen LogP contribution in [-0.4, -0.2) is 39.0 Å². The van der Waals surface area contributed by atoms with Crippen LogP contribution < -0.4 is 0 Å². The SMILES string of the molecule is Cc1c(C#N)cnc(-c2nc(CC(=O)N3CCCC3)cs2)c1O. The molecule has 0 radical (unpaired) electrons. The summed E-state index contributed by atoms with van der Waals surface area (Å²) in [5.74, 6) is 0.0587. The van der Waals surface area contributed by atoms with Crippen LogP contribution in [0.15, 0.2) is 11.6 Å². The summed E-state index contributed by atoms with van der Waals surface area (Å²) in [6.45, 7) is 3.32. The maximum atomic E-state index is 12.2. The molecule has 3 rings (SSSR count). The maximum absolute atomic E-state index is 12.2. The Bertz CT molecular complexity index is 788. The number of aromatic hydroxyl groups is 1. The van der Waals surface area contributed by atoms with E-state index in [1.165, 1.54) is 17.5 Å². The van der Waals surface area contributed by atoms with Crippen molar-refractivity contribution in [2.45, 2.75) is 26.2 Å².